The van der Waals surface area contributed by atoms with Crippen LogP contribution in [0.3, 0.4) is 0 Å². The molecule has 164 valence electrons. The Morgan fingerprint density at radius 1 is 1.23 bits per heavy atom. The third kappa shape index (κ3) is 3.54. The van der Waals surface area contributed by atoms with E-state index in [1.807, 2.05) is 48.4 Å². The van der Waals surface area contributed by atoms with Crippen molar-refractivity contribution >= 4 is 23.9 Å². The molecule has 3 aliphatic heterocycles. The number of imide groups is 1. The number of ether oxygens (including phenoxy) is 1. The summed E-state index contributed by atoms with van der Waals surface area (Å²) in [6.07, 6.45) is 2.18. The van der Waals surface area contributed by atoms with Crippen LogP contribution >= 0.6 is 0 Å². The fourth-order valence-corrected chi connectivity index (χ4v) is 4.16. The van der Waals surface area contributed by atoms with Gasteiger partial charge in [0.2, 0.25) is 5.96 Å². The topological polar surface area (TPSA) is 85.8 Å². The second kappa shape index (κ2) is 8.05. The highest BCUT2D eigenvalue weighted by molar-refractivity contribution is 6.06. The molecule has 0 saturated carbocycles. The molecule has 0 radical (unpaired) electrons. The molecule has 0 spiro atoms. The van der Waals surface area contributed by atoms with Crippen LogP contribution in [0.5, 0.6) is 0 Å². The minimum atomic E-state index is -0.691. The largest absolute Gasteiger partial charge is 0.459 e. The smallest absolute Gasteiger partial charge is 0.328 e. The summed E-state index contributed by atoms with van der Waals surface area (Å²) in [5.41, 5.74) is 1.83. The van der Waals surface area contributed by atoms with Crippen LogP contribution in [0.15, 0.2) is 47.2 Å². The van der Waals surface area contributed by atoms with Crippen LogP contribution in [-0.4, -0.2) is 75.3 Å². The monoisotopic (exact) mass is 425 g/mol. The predicted molar refractivity (Wildman–Crippen MR) is 113 cm³/mol. The summed E-state index contributed by atoms with van der Waals surface area (Å²) in [5, 5.41) is 0. The van der Waals surface area contributed by atoms with E-state index in [4.69, 9.17) is 9.73 Å². The van der Waals surface area contributed by atoms with E-state index in [2.05, 4.69) is 18.7 Å². The number of hydrogen-bond acceptors (Lipinski definition) is 7. The molecule has 0 aromatic heterocycles. The fourth-order valence-electron chi connectivity index (χ4n) is 4.16. The maximum Gasteiger partial charge on any atom is 0.328 e. The van der Waals surface area contributed by atoms with Crippen molar-refractivity contribution in [1.82, 2.24) is 19.6 Å². The average molecular weight is 425 g/mol. The van der Waals surface area contributed by atoms with Gasteiger partial charge >= 0.3 is 12.0 Å². The van der Waals surface area contributed by atoms with E-state index < -0.39 is 36.7 Å². The number of likely N-dealkylation sites (N-methyl/N-ethyl adjacent to an activating group) is 1. The molecule has 1 fully saturated rings. The number of carbonyl (C=O) groups is 3. The van der Waals surface area contributed by atoms with Gasteiger partial charge in [-0.15, -0.1) is 0 Å². The Labute approximate surface area is 181 Å². The number of fused-ring (bicyclic) bond motifs is 3. The number of rotatable bonds is 6. The maximum absolute atomic E-state index is 13.3. The Kier molecular flexibility index (Phi) is 5.43. The summed E-state index contributed by atoms with van der Waals surface area (Å²) in [6, 6.07) is 8.21. The Hall–Kier alpha value is -3.36. The molecule has 9 nitrogen and oxygen atoms in total. The van der Waals surface area contributed by atoms with Gasteiger partial charge in [0.05, 0.1) is 0 Å². The van der Waals surface area contributed by atoms with Crippen LogP contribution in [0.2, 0.25) is 0 Å². The van der Waals surface area contributed by atoms with Crippen LogP contribution < -0.4 is 0 Å². The lowest BCUT2D eigenvalue weighted by atomic mass is 10.1. The minimum Gasteiger partial charge on any atom is -0.459 e. The van der Waals surface area contributed by atoms with Gasteiger partial charge in [-0.05, 0) is 25.8 Å². The highest BCUT2D eigenvalue weighted by Crippen LogP contribution is 2.35. The predicted octanol–water partition coefficient (Wildman–Crippen LogP) is 1.97. The van der Waals surface area contributed by atoms with Gasteiger partial charge in [-0.1, -0.05) is 37.3 Å². The third-order valence-electron chi connectivity index (χ3n) is 5.99. The van der Waals surface area contributed by atoms with Crippen molar-refractivity contribution in [1.29, 1.82) is 0 Å². The van der Waals surface area contributed by atoms with Gasteiger partial charge in [-0.25, -0.2) is 9.79 Å². The van der Waals surface area contributed by atoms with Crippen LogP contribution in [0, 0.1) is 0 Å². The summed E-state index contributed by atoms with van der Waals surface area (Å²) in [5.74, 6) is -0.409. The molecule has 4 rings (SSSR count). The Morgan fingerprint density at radius 2 is 1.94 bits per heavy atom. The van der Waals surface area contributed by atoms with Crippen molar-refractivity contribution < 1.29 is 19.1 Å². The standard InChI is InChI=1S/C22H27N5O4/c1-5-14(2)27-15(3)11-25-18-19(23-21(25)27)24(4)22(30)26(20(18)29)12-17(28)31-13-16-9-7-6-8-10-16/h6-11,14,18-19H,5,12-13H2,1-4H3. The van der Waals surface area contributed by atoms with Crippen molar-refractivity contribution in [2.45, 2.75) is 52.0 Å². The minimum absolute atomic E-state index is 0.0863. The highest BCUT2D eigenvalue weighted by Gasteiger charge is 2.54. The number of guanidine groups is 1. The van der Waals surface area contributed by atoms with Gasteiger partial charge in [-0.2, -0.15) is 0 Å². The van der Waals surface area contributed by atoms with Gasteiger partial charge in [0.15, 0.2) is 12.2 Å². The zero-order valence-corrected chi connectivity index (χ0v) is 18.2. The van der Waals surface area contributed by atoms with Gasteiger partial charge in [0.25, 0.3) is 5.91 Å². The zero-order valence-electron chi connectivity index (χ0n) is 18.2. The first-order chi connectivity index (χ1) is 14.8. The van der Waals surface area contributed by atoms with Crippen LogP contribution in [0.4, 0.5) is 4.79 Å². The molecule has 3 amide bonds. The first kappa shape index (κ1) is 20.9. The quantitative estimate of drug-likeness (QED) is 0.648. The molecule has 3 heterocycles. The SMILES string of the molecule is CCC(C)N1C(C)=CN2C1=NC1C2C(=O)N(CC(=O)OCc2ccccc2)C(=O)N1C. The number of hydrogen-bond donors (Lipinski definition) is 0. The van der Waals surface area contributed by atoms with Crippen molar-refractivity contribution in [3.63, 3.8) is 0 Å². The van der Waals surface area contributed by atoms with E-state index in [0.29, 0.717) is 5.96 Å². The fraction of sp³-hybridized carbons (Fsp3) is 0.455. The second-order valence-corrected chi connectivity index (χ2v) is 8.06. The molecule has 3 aliphatic rings. The highest BCUT2D eigenvalue weighted by atomic mass is 16.5. The molecule has 3 unspecified atom stereocenters. The molecule has 31 heavy (non-hydrogen) atoms. The molecule has 1 saturated heterocycles. The maximum atomic E-state index is 13.3. The van der Waals surface area contributed by atoms with Crippen molar-refractivity contribution in [3.8, 4) is 0 Å². The Bertz CT molecular complexity index is 960. The van der Waals surface area contributed by atoms with Gasteiger partial charge < -0.3 is 19.4 Å². The molecule has 0 aliphatic carbocycles. The number of aliphatic imine (C=N–C) groups is 1. The molecule has 9 heteroatoms. The Balaban J connectivity index is 1.49. The van der Waals surface area contributed by atoms with Crippen LogP contribution in [0.25, 0.3) is 0 Å². The number of nitrogens with zero attached hydrogens (tertiary/aromatic N) is 5. The number of amides is 3. The van der Waals surface area contributed by atoms with Gasteiger partial charge in [-0.3, -0.25) is 14.5 Å². The number of benzene rings is 1. The molecule has 0 bridgehead atoms. The summed E-state index contributed by atoms with van der Waals surface area (Å²) >= 11 is 0. The van der Waals surface area contributed by atoms with E-state index >= 15 is 0 Å². The van der Waals surface area contributed by atoms with E-state index in [1.54, 1.807) is 7.05 Å². The first-order valence-corrected chi connectivity index (χ1v) is 10.4. The van der Waals surface area contributed by atoms with Crippen molar-refractivity contribution in [2.75, 3.05) is 13.6 Å². The van der Waals surface area contributed by atoms with Gasteiger partial charge in [0.1, 0.15) is 13.2 Å². The lowest BCUT2D eigenvalue weighted by molar-refractivity contribution is -0.151. The second-order valence-electron chi connectivity index (χ2n) is 8.06. The van der Waals surface area contributed by atoms with Crippen LogP contribution in [-0.2, 0) is 20.9 Å². The van der Waals surface area contributed by atoms with Crippen LogP contribution in [0.1, 0.15) is 32.8 Å². The third-order valence-corrected chi connectivity index (χ3v) is 5.99. The molecule has 0 N–H and O–H groups in total. The van der Waals surface area contributed by atoms with Crippen molar-refractivity contribution in [3.05, 3.63) is 47.8 Å². The number of carbonyl (C=O) groups excluding carboxylic acids is 3. The lowest BCUT2D eigenvalue weighted by Gasteiger charge is -2.39. The van der Waals surface area contributed by atoms with E-state index in [1.165, 1.54) is 4.90 Å². The normalized spacial score (nSPS) is 23.5. The molecule has 3 atom stereocenters. The number of allylic oxidation sites excluding steroid dienone is 1. The molecular formula is C22H27N5O4. The molecule has 1 aromatic carbocycles. The summed E-state index contributed by atoms with van der Waals surface area (Å²) in [4.78, 5) is 49.5. The summed E-state index contributed by atoms with van der Waals surface area (Å²) in [6.45, 7) is 5.81. The zero-order chi connectivity index (χ0) is 22.3. The Morgan fingerprint density at radius 3 is 2.61 bits per heavy atom. The first-order valence-electron chi connectivity index (χ1n) is 10.4. The number of esters is 1. The summed E-state index contributed by atoms with van der Waals surface area (Å²) < 4.78 is 5.27. The molecular weight excluding hydrogens is 398 g/mol. The van der Waals surface area contributed by atoms with Crippen molar-refractivity contribution in [2.24, 2.45) is 4.99 Å². The average Bonchev–Trinajstić information content (AvgIpc) is 3.28. The summed E-state index contributed by atoms with van der Waals surface area (Å²) in [7, 11) is 1.60. The number of urea groups is 1. The molecule has 1 aromatic rings. The van der Waals surface area contributed by atoms with E-state index in [-0.39, 0.29) is 12.6 Å². The van der Waals surface area contributed by atoms with Gasteiger partial charge in [0, 0.05) is 25.0 Å². The van der Waals surface area contributed by atoms with E-state index in [9.17, 15) is 14.4 Å². The lowest BCUT2D eigenvalue weighted by Crippen LogP contribution is -2.65. The van der Waals surface area contributed by atoms with E-state index in [0.717, 1.165) is 22.6 Å².